The number of nitrogens with two attached hydrogens (primary N) is 1. The highest BCUT2D eigenvalue weighted by molar-refractivity contribution is 7.99. The minimum absolute atomic E-state index is 0.0320. The summed E-state index contributed by atoms with van der Waals surface area (Å²) in [6.45, 7) is 4.50. The van der Waals surface area contributed by atoms with Crippen molar-refractivity contribution in [3.05, 3.63) is 53.9 Å². The Labute approximate surface area is 181 Å². The van der Waals surface area contributed by atoms with Gasteiger partial charge in [-0.15, -0.1) is 10.2 Å². The van der Waals surface area contributed by atoms with Gasteiger partial charge < -0.3 is 11.2 Å². The van der Waals surface area contributed by atoms with Crippen LogP contribution < -0.4 is 11.2 Å². The number of amides is 1. The molecule has 30 heavy (non-hydrogen) atoms. The number of carbonyl (C=O) groups is 1. The van der Waals surface area contributed by atoms with E-state index in [1.807, 2.05) is 18.2 Å². The molecule has 0 bridgehead atoms. The second-order valence-electron chi connectivity index (χ2n) is 8.31. The molecule has 0 saturated heterocycles. The third-order valence-corrected chi connectivity index (χ3v) is 7.29. The number of hydrogen-bond acceptors (Lipinski definition) is 5. The van der Waals surface area contributed by atoms with Crippen LogP contribution in [0, 0.1) is 11.8 Å². The molecule has 1 aromatic heterocycles. The van der Waals surface area contributed by atoms with E-state index < -0.39 is 0 Å². The van der Waals surface area contributed by atoms with Crippen molar-refractivity contribution < 1.29 is 4.79 Å². The molecule has 1 saturated carbocycles. The van der Waals surface area contributed by atoms with Crippen molar-refractivity contribution >= 4 is 28.4 Å². The van der Waals surface area contributed by atoms with Crippen LogP contribution in [0.15, 0.2) is 47.6 Å². The zero-order chi connectivity index (χ0) is 21.1. The van der Waals surface area contributed by atoms with Crippen molar-refractivity contribution in [1.82, 2.24) is 20.2 Å². The molecule has 0 radical (unpaired) electrons. The Kier molecular flexibility index (Phi) is 6.27. The van der Waals surface area contributed by atoms with E-state index in [4.69, 9.17) is 5.84 Å². The SMILES string of the molecule is C[C@@H]1[C@H](C)CCC[C@@H]1NC(=O)CSc1nnc(Cc2cccc3ccccc23)n1N. The van der Waals surface area contributed by atoms with Crippen LogP contribution in [-0.4, -0.2) is 32.6 Å². The van der Waals surface area contributed by atoms with E-state index in [0.29, 0.717) is 35.0 Å². The standard InChI is InChI=1S/C23H29N5OS/c1-15-7-5-12-20(16(15)2)25-22(29)14-30-23-27-26-21(28(23)24)13-18-10-6-9-17-8-3-4-11-19(17)18/h3-4,6,8-11,15-16,20H,5,7,12-14,24H2,1-2H3,(H,25,29)/t15-,16-,20+/m1/s1. The molecule has 1 aliphatic carbocycles. The molecule has 1 amide bonds. The van der Waals surface area contributed by atoms with Crippen molar-refractivity contribution in [3.8, 4) is 0 Å². The molecule has 0 unspecified atom stereocenters. The van der Waals surface area contributed by atoms with E-state index in [0.717, 1.165) is 12.0 Å². The fraction of sp³-hybridized carbons (Fsp3) is 0.435. The number of benzene rings is 2. The molecule has 4 rings (SSSR count). The van der Waals surface area contributed by atoms with Gasteiger partial charge in [-0.1, -0.05) is 80.9 Å². The number of fused-ring (bicyclic) bond motifs is 1. The quantitative estimate of drug-likeness (QED) is 0.466. The van der Waals surface area contributed by atoms with Gasteiger partial charge in [0.1, 0.15) is 0 Å². The number of carbonyl (C=O) groups excluding carboxylic acids is 1. The van der Waals surface area contributed by atoms with Gasteiger partial charge in [-0.05, 0) is 34.6 Å². The summed E-state index contributed by atoms with van der Waals surface area (Å²) in [5.74, 6) is 8.42. The van der Waals surface area contributed by atoms with E-state index >= 15 is 0 Å². The zero-order valence-electron chi connectivity index (χ0n) is 17.5. The first-order valence-corrected chi connectivity index (χ1v) is 11.6. The van der Waals surface area contributed by atoms with Crippen molar-refractivity contribution in [2.45, 2.75) is 50.7 Å². The van der Waals surface area contributed by atoms with Gasteiger partial charge in [-0.25, -0.2) is 4.68 Å². The van der Waals surface area contributed by atoms with Crippen molar-refractivity contribution in [2.75, 3.05) is 11.6 Å². The van der Waals surface area contributed by atoms with Crippen LogP contribution in [0.4, 0.5) is 0 Å². The molecular formula is C23H29N5OS. The number of thioether (sulfide) groups is 1. The van der Waals surface area contributed by atoms with E-state index in [1.54, 1.807) is 0 Å². The normalized spacial score (nSPS) is 21.6. The first-order chi connectivity index (χ1) is 14.5. The number of nitrogen functional groups attached to an aromatic ring is 1. The predicted octanol–water partition coefficient (Wildman–Crippen LogP) is 3.77. The Morgan fingerprint density at radius 1 is 1.17 bits per heavy atom. The highest BCUT2D eigenvalue weighted by Crippen LogP contribution is 2.29. The summed E-state index contributed by atoms with van der Waals surface area (Å²) < 4.78 is 1.50. The van der Waals surface area contributed by atoms with Crippen molar-refractivity contribution in [1.29, 1.82) is 0 Å². The lowest BCUT2D eigenvalue weighted by Crippen LogP contribution is -2.44. The lowest BCUT2D eigenvalue weighted by Gasteiger charge is -2.34. The number of hydrogen-bond donors (Lipinski definition) is 2. The maximum atomic E-state index is 12.5. The van der Waals surface area contributed by atoms with Crippen molar-refractivity contribution in [3.63, 3.8) is 0 Å². The van der Waals surface area contributed by atoms with Crippen molar-refractivity contribution in [2.24, 2.45) is 11.8 Å². The average Bonchev–Trinajstić information content (AvgIpc) is 3.09. The van der Waals surface area contributed by atoms with Crippen LogP contribution in [0.25, 0.3) is 10.8 Å². The molecule has 3 aromatic rings. The summed E-state index contributed by atoms with van der Waals surface area (Å²) >= 11 is 1.33. The topological polar surface area (TPSA) is 85.8 Å². The van der Waals surface area contributed by atoms with E-state index in [-0.39, 0.29) is 11.9 Å². The molecular weight excluding hydrogens is 394 g/mol. The van der Waals surface area contributed by atoms with E-state index in [2.05, 4.69) is 53.6 Å². The van der Waals surface area contributed by atoms with Crippen LogP contribution in [0.2, 0.25) is 0 Å². The zero-order valence-corrected chi connectivity index (χ0v) is 18.4. The van der Waals surface area contributed by atoms with Crippen LogP contribution in [0.1, 0.15) is 44.5 Å². The smallest absolute Gasteiger partial charge is 0.230 e. The Morgan fingerprint density at radius 3 is 2.83 bits per heavy atom. The molecule has 2 aromatic carbocycles. The Morgan fingerprint density at radius 2 is 1.97 bits per heavy atom. The Balaban J connectivity index is 1.38. The third kappa shape index (κ3) is 4.46. The highest BCUT2D eigenvalue weighted by Gasteiger charge is 2.28. The summed E-state index contributed by atoms with van der Waals surface area (Å²) in [6.07, 6.45) is 4.08. The van der Waals surface area contributed by atoms with E-state index in [1.165, 1.54) is 40.1 Å². The molecule has 6 nitrogen and oxygen atoms in total. The summed E-state index contributed by atoms with van der Waals surface area (Å²) in [6, 6.07) is 14.8. The monoisotopic (exact) mass is 423 g/mol. The van der Waals surface area contributed by atoms with Gasteiger partial charge in [-0.2, -0.15) is 0 Å². The maximum absolute atomic E-state index is 12.5. The van der Waals surface area contributed by atoms with Gasteiger partial charge in [0.25, 0.3) is 0 Å². The molecule has 7 heteroatoms. The van der Waals surface area contributed by atoms with Crippen LogP contribution in [0.3, 0.4) is 0 Å². The second-order valence-corrected chi connectivity index (χ2v) is 9.26. The molecule has 0 aliphatic heterocycles. The Bertz CT molecular complexity index is 1030. The number of nitrogens with one attached hydrogen (secondary N) is 1. The summed E-state index contributed by atoms with van der Waals surface area (Å²) in [7, 11) is 0. The average molecular weight is 424 g/mol. The number of nitrogens with zero attached hydrogens (tertiary/aromatic N) is 3. The lowest BCUT2D eigenvalue weighted by atomic mass is 9.78. The highest BCUT2D eigenvalue weighted by atomic mass is 32.2. The minimum atomic E-state index is 0.0320. The first kappa shape index (κ1) is 20.7. The van der Waals surface area contributed by atoms with Gasteiger partial charge in [0.15, 0.2) is 5.82 Å². The number of rotatable bonds is 6. The summed E-state index contributed by atoms with van der Waals surface area (Å²) in [5, 5.41) is 14.6. The van der Waals surface area contributed by atoms with Crippen LogP contribution in [0.5, 0.6) is 0 Å². The molecule has 0 spiro atoms. The molecule has 1 aliphatic rings. The third-order valence-electron chi connectivity index (χ3n) is 6.35. The Hall–Kier alpha value is -2.54. The largest absolute Gasteiger partial charge is 0.352 e. The van der Waals surface area contributed by atoms with Crippen LogP contribution >= 0.6 is 11.8 Å². The maximum Gasteiger partial charge on any atom is 0.230 e. The number of aromatic nitrogens is 3. The second kappa shape index (κ2) is 9.08. The molecule has 1 heterocycles. The van der Waals surface area contributed by atoms with Crippen LogP contribution in [-0.2, 0) is 11.2 Å². The molecule has 1 fully saturated rings. The molecule has 3 N–H and O–H groups in total. The molecule has 158 valence electrons. The van der Waals surface area contributed by atoms with Gasteiger partial charge in [0.05, 0.1) is 5.75 Å². The first-order valence-electron chi connectivity index (χ1n) is 10.6. The van der Waals surface area contributed by atoms with Gasteiger partial charge in [0.2, 0.25) is 11.1 Å². The van der Waals surface area contributed by atoms with Gasteiger partial charge >= 0.3 is 0 Å². The fourth-order valence-electron chi connectivity index (χ4n) is 4.31. The fourth-order valence-corrected chi connectivity index (χ4v) is 4.99. The van der Waals surface area contributed by atoms with Gasteiger partial charge in [0, 0.05) is 12.5 Å². The van der Waals surface area contributed by atoms with Gasteiger partial charge in [-0.3, -0.25) is 4.79 Å². The molecule has 3 atom stereocenters. The summed E-state index contributed by atoms with van der Waals surface area (Å²) in [5.41, 5.74) is 1.15. The minimum Gasteiger partial charge on any atom is -0.352 e. The summed E-state index contributed by atoms with van der Waals surface area (Å²) in [4.78, 5) is 12.5. The van der Waals surface area contributed by atoms with E-state index in [9.17, 15) is 4.79 Å². The predicted molar refractivity (Wildman–Crippen MR) is 122 cm³/mol. The lowest BCUT2D eigenvalue weighted by molar-refractivity contribution is -0.120.